The van der Waals surface area contributed by atoms with Crippen molar-refractivity contribution in [3.8, 4) is 0 Å². The molecule has 0 radical (unpaired) electrons. The standard InChI is InChI=1S/C17H19N5OS/c23-22(21-9-1-2-10-21)24-15-5-6-17(19-12-15)20-14-4-3-13-7-8-18-16(13)11-14/h3-8,11-12,18,23H,1-2,9-10H2,(H,19,20). The minimum atomic E-state index is 0.774. The van der Waals surface area contributed by atoms with E-state index in [4.69, 9.17) is 0 Å². The van der Waals surface area contributed by atoms with Gasteiger partial charge in [0.2, 0.25) is 0 Å². The van der Waals surface area contributed by atoms with Crippen molar-refractivity contribution in [2.75, 3.05) is 18.4 Å². The zero-order chi connectivity index (χ0) is 16.4. The largest absolute Gasteiger partial charge is 0.361 e. The first-order chi connectivity index (χ1) is 11.8. The lowest BCUT2D eigenvalue weighted by atomic mass is 10.2. The Hall–Kier alpha value is -2.06. The molecule has 7 heteroatoms. The Balaban J connectivity index is 1.41. The second-order valence-electron chi connectivity index (χ2n) is 5.79. The highest BCUT2D eigenvalue weighted by atomic mass is 32.2. The molecule has 124 valence electrons. The Kier molecular flexibility index (Phi) is 4.40. The van der Waals surface area contributed by atoms with Gasteiger partial charge in [0.05, 0.1) is 0 Å². The lowest BCUT2D eigenvalue weighted by Gasteiger charge is -2.23. The van der Waals surface area contributed by atoms with Crippen molar-refractivity contribution in [1.82, 2.24) is 19.6 Å². The van der Waals surface area contributed by atoms with Crippen molar-refractivity contribution in [1.29, 1.82) is 0 Å². The van der Waals surface area contributed by atoms with Crippen LogP contribution < -0.4 is 5.32 Å². The molecule has 3 N–H and O–H groups in total. The van der Waals surface area contributed by atoms with Crippen LogP contribution in [0.5, 0.6) is 0 Å². The summed E-state index contributed by atoms with van der Waals surface area (Å²) in [5.41, 5.74) is 2.08. The molecule has 0 spiro atoms. The van der Waals surface area contributed by atoms with Gasteiger partial charge < -0.3 is 10.3 Å². The predicted octanol–water partition coefficient (Wildman–Crippen LogP) is 4.02. The van der Waals surface area contributed by atoms with Crippen molar-refractivity contribution in [2.24, 2.45) is 0 Å². The molecule has 0 saturated carbocycles. The molecule has 1 aromatic carbocycles. The number of anilines is 2. The average Bonchev–Trinajstić information content (AvgIpc) is 3.27. The van der Waals surface area contributed by atoms with E-state index in [-0.39, 0.29) is 0 Å². The van der Waals surface area contributed by atoms with Crippen LogP contribution in [0.15, 0.2) is 53.7 Å². The Morgan fingerprint density at radius 3 is 2.83 bits per heavy atom. The molecule has 6 nitrogen and oxygen atoms in total. The summed E-state index contributed by atoms with van der Waals surface area (Å²) in [6, 6.07) is 12.1. The van der Waals surface area contributed by atoms with Crippen LogP contribution >= 0.6 is 11.9 Å². The third-order valence-electron chi connectivity index (χ3n) is 4.08. The van der Waals surface area contributed by atoms with Gasteiger partial charge in [-0.2, -0.15) is 0 Å². The molecular weight excluding hydrogens is 322 g/mol. The molecule has 0 amide bonds. The topological polar surface area (TPSA) is 67.4 Å². The van der Waals surface area contributed by atoms with E-state index in [1.807, 2.05) is 35.5 Å². The maximum atomic E-state index is 10.1. The fourth-order valence-electron chi connectivity index (χ4n) is 2.81. The second kappa shape index (κ2) is 6.82. The number of benzene rings is 1. The molecule has 0 atom stereocenters. The van der Waals surface area contributed by atoms with Gasteiger partial charge in [0.1, 0.15) is 5.82 Å². The number of aromatic amines is 1. The summed E-state index contributed by atoms with van der Waals surface area (Å²) in [7, 11) is 0. The predicted molar refractivity (Wildman–Crippen MR) is 96.1 cm³/mol. The van der Waals surface area contributed by atoms with Crippen molar-refractivity contribution >= 4 is 34.4 Å². The molecular formula is C17H19N5OS. The van der Waals surface area contributed by atoms with Gasteiger partial charge in [0.25, 0.3) is 0 Å². The number of rotatable bonds is 5. The number of hydrazine groups is 1. The third-order valence-corrected chi connectivity index (χ3v) is 4.92. The van der Waals surface area contributed by atoms with Crippen molar-refractivity contribution in [3.63, 3.8) is 0 Å². The highest BCUT2D eigenvalue weighted by Crippen LogP contribution is 2.26. The number of nitrogens with zero attached hydrogens (tertiary/aromatic N) is 3. The summed E-state index contributed by atoms with van der Waals surface area (Å²) in [4.78, 5) is 8.52. The van der Waals surface area contributed by atoms with Gasteiger partial charge in [-0.1, -0.05) is 10.6 Å². The van der Waals surface area contributed by atoms with Gasteiger partial charge in [0, 0.05) is 53.5 Å². The first-order valence-corrected chi connectivity index (χ1v) is 8.77. The number of pyridine rings is 1. The summed E-state index contributed by atoms with van der Waals surface area (Å²) >= 11 is 1.28. The monoisotopic (exact) mass is 341 g/mol. The number of H-pyrrole nitrogens is 1. The Morgan fingerprint density at radius 1 is 1.17 bits per heavy atom. The van der Waals surface area contributed by atoms with E-state index < -0.39 is 0 Å². The van der Waals surface area contributed by atoms with Crippen molar-refractivity contribution < 1.29 is 5.21 Å². The van der Waals surface area contributed by atoms with Gasteiger partial charge in [-0.3, -0.25) is 5.21 Å². The van der Waals surface area contributed by atoms with E-state index in [9.17, 15) is 5.21 Å². The Labute approximate surface area is 144 Å². The number of aromatic nitrogens is 2. The zero-order valence-corrected chi connectivity index (χ0v) is 14.0. The Morgan fingerprint density at radius 2 is 2.04 bits per heavy atom. The van der Waals surface area contributed by atoms with E-state index in [2.05, 4.69) is 27.4 Å². The average molecular weight is 341 g/mol. The second-order valence-corrected chi connectivity index (χ2v) is 6.77. The molecule has 0 unspecified atom stereocenters. The summed E-state index contributed by atoms with van der Waals surface area (Å²) < 4.78 is 1.22. The number of hydrogen-bond donors (Lipinski definition) is 3. The van der Waals surface area contributed by atoms with Crippen LogP contribution in [-0.4, -0.2) is 37.9 Å². The molecule has 24 heavy (non-hydrogen) atoms. The van der Waals surface area contributed by atoms with Crippen LogP contribution in [0, 0.1) is 0 Å². The molecule has 0 bridgehead atoms. The first kappa shape index (κ1) is 15.5. The van der Waals surface area contributed by atoms with Gasteiger partial charge in [-0.25, -0.2) is 9.99 Å². The van der Waals surface area contributed by atoms with Crippen LogP contribution in [0.25, 0.3) is 10.9 Å². The van der Waals surface area contributed by atoms with E-state index in [0.717, 1.165) is 47.8 Å². The van der Waals surface area contributed by atoms with Crippen LogP contribution in [0.2, 0.25) is 0 Å². The molecule has 1 fully saturated rings. The fourth-order valence-corrected chi connectivity index (χ4v) is 3.50. The van der Waals surface area contributed by atoms with Crippen LogP contribution in [0.1, 0.15) is 12.8 Å². The van der Waals surface area contributed by atoms with Crippen molar-refractivity contribution in [3.05, 3.63) is 48.8 Å². The lowest BCUT2D eigenvalue weighted by molar-refractivity contribution is -0.145. The molecule has 0 aliphatic carbocycles. The molecule has 2 aromatic heterocycles. The number of hydrogen-bond acceptors (Lipinski definition) is 6. The maximum Gasteiger partial charge on any atom is 0.130 e. The molecule has 1 aliphatic heterocycles. The van der Waals surface area contributed by atoms with Crippen LogP contribution in [0.4, 0.5) is 11.5 Å². The summed E-state index contributed by atoms with van der Waals surface area (Å²) in [6.45, 7) is 1.80. The van der Waals surface area contributed by atoms with Crippen LogP contribution in [-0.2, 0) is 0 Å². The van der Waals surface area contributed by atoms with E-state index in [1.54, 1.807) is 6.20 Å². The van der Waals surface area contributed by atoms with Gasteiger partial charge in [-0.15, -0.1) is 0 Å². The quantitative estimate of drug-likeness (QED) is 0.481. The normalized spacial score (nSPS) is 15.4. The minimum absolute atomic E-state index is 0.774. The molecule has 3 heterocycles. The summed E-state index contributed by atoms with van der Waals surface area (Å²) in [6.07, 6.45) is 5.95. The zero-order valence-electron chi connectivity index (χ0n) is 13.1. The first-order valence-electron chi connectivity index (χ1n) is 8.00. The number of nitrogens with one attached hydrogen (secondary N) is 2. The fraction of sp³-hybridized carbons (Fsp3) is 0.235. The van der Waals surface area contributed by atoms with Gasteiger partial charge in [0.15, 0.2) is 0 Å². The van der Waals surface area contributed by atoms with Crippen molar-refractivity contribution in [2.45, 2.75) is 17.7 Å². The molecule has 3 aromatic rings. The Bertz CT molecular complexity index is 813. The highest BCUT2D eigenvalue weighted by Gasteiger charge is 2.18. The molecule has 4 rings (SSSR count). The lowest BCUT2D eigenvalue weighted by Crippen LogP contribution is -2.32. The maximum absolute atomic E-state index is 10.1. The van der Waals surface area contributed by atoms with E-state index in [1.165, 1.54) is 21.9 Å². The number of fused-ring (bicyclic) bond motifs is 1. The SMILES string of the molecule is ON(Sc1ccc(Nc2ccc3cc[nH]c3c2)nc1)N1CCCC1. The minimum Gasteiger partial charge on any atom is -0.361 e. The molecule has 1 aliphatic rings. The third kappa shape index (κ3) is 3.39. The van der Waals surface area contributed by atoms with E-state index >= 15 is 0 Å². The summed E-state index contributed by atoms with van der Waals surface area (Å²) in [5.74, 6) is 0.774. The van der Waals surface area contributed by atoms with E-state index in [0.29, 0.717) is 0 Å². The summed E-state index contributed by atoms with van der Waals surface area (Å²) in [5, 5.41) is 16.5. The van der Waals surface area contributed by atoms with Gasteiger partial charge >= 0.3 is 0 Å². The highest BCUT2D eigenvalue weighted by molar-refractivity contribution is 7.96. The molecule has 1 saturated heterocycles. The van der Waals surface area contributed by atoms with Gasteiger partial charge in [-0.05, 0) is 48.6 Å². The smallest absolute Gasteiger partial charge is 0.130 e. The van der Waals surface area contributed by atoms with Crippen LogP contribution in [0.3, 0.4) is 0 Å².